The molecule has 0 saturated heterocycles. The highest BCUT2D eigenvalue weighted by atomic mass is 16.5. The van der Waals surface area contributed by atoms with E-state index in [-0.39, 0.29) is 11.9 Å². The molecule has 1 aliphatic rings. The number of aromatic amines is 1. The number of H-pyrrole nitrogens is 1. The molecule has 2 amide bonds. The fraction of sp³-hybridized carbons (Fsp3) is 0.500. The molecular weight excluding hydrogens is 400 g/mol. The molecule has 0 spiro atoms. The summed E-state index contributed by atoms with van der Waals surface area (Å²) in [5, 5.41) is 2.88. The van der Waals surface area contributed by atoms with Crippen LogP contribution in [0.3, 0.4) is 0 Å². The fourth-order valence-electron chi connectivity index (χ4n) is 3.83. The molecule has 0 saturated carbocycles. The van der Waals surface area contributed by atoms with Gasteiger partial charge in [0.05, 0.1) is 33.4 Å². The minimum Gasteiger partial charge on any atom is -0.497 e. The summed E-state index contributed by atoms with van der Waals surface area (Å²) in [5.41, 5.74) is 2.54. The normalized spacial score (nSPS) is 17.3. The average molecular weight is 431 g/mol. The molecule has 1 aromatic carbocycles. The number of ether oxygens (including phenoxy) is 3. The zero-order valence-electron chi connectivity index (χ0n) is 18.6. The smallest absolute Gasteiger partial charge is 0.328 e. The summed E-state index contributed by atoms with van der Waals surface area (Å²) in [4.78, 5) is 35.0. The second kappa shape index (κ2) is 9.72. The number of rotatable bonds is 7. The Kier molecular flexibility index (Phi) is 7.04. The fourth-order valence-corrected chi connectivity index (χ4v) is 3.83. The van der Waals surface area contributed by atoms with Crippen LogP contribution in [0.25, 0.3) is 0 Å². The van der Waals surface area contributed by atoms with Crippen molar-refractivity contribution in [2.24, 2.45) is 5.92 Å². The van der Waals surface area contributed by atoms with E-state index < -0.39 is 18.1 Å². The number of urea groups is 1. The first-order valence-electron chi connectivity index (χ1n) is 10.3. The number of hydrogen-bond acceptors (Lipinski definition) is 6. The molecule has 2 aromatic rings. The van der Waals surface area contributed by atoms with Crippen molar-refractivity contribution >= 4 is 12.0 Å². The van der Waals surface area contributed by atoms with Crippen molar-refractivity contribution in [3.8, 4) is 11.5 Å². The Balaban J connectivity index is 1.99. The molecule has 0 radical (unpaired) electrons. The van der Waals surface area contributed by atoms with Crippen molar-refractivity contribution in [2.75, 3.05) is 27.9 Å². The molecule has 2 N–H and O–H groups in total. The van der Waals surface area contributed by atoms with Crippen LogP contribution >= 0.6 is 0 Å². The molecule has 0 bridgehead atoms. The highest BCUT2D eigenvalue weighted by Gasteiger charge is 2.37. The molecule has 3 atom stereocenters. The van der Waals surface area contributed by atoms with E-state index in [2.05, 4.69) is 15.3 Å². The lowest BCUT2D eigenvalue weighted by molar-refractivity contribution is -0.144. The molecule has 0 unspecified atom stereocenters. The summed E-state index contributed by atoms with van der Waals surface area (Å²) in [7, 11) is 4.49. The van der Waals surface area contributed by atoms with Gasteiger partial charge in [0.25, 0.3) is 0 Å². The number of nitrogens with zero attached hydrogens (tertiary/aromatic N) is 2. The molecule has 168 valence electrons. The van der Waals surface area contributed by atoms with Crippen molar-refractivity contribution in [3.05, 3.63) is 41.5 Å². The Labute approximate surface area is 182 Å². The minimum absolute atomic E-state index is 0.0718. The lowest BCUT2D eigenvalue weighted by atomic mass is 9.95. The highest BCUT2D eigenvalue weighted by Crippen LogP contribution is 2.37. The van der Waals surface area contributed by atoms with E-state index in [0.29, 0.717) is 24.5 Å². The summed E-state index contributed by atoms with van der Waals surface area (Å²) < 4.78 is 15.8. The zero-order valence-corrected chi connectivity index (χ0v) is 18.6. The summed E-state index contributed by atoms with van der Waals surface area (Å²) in [6, 6.07) is 3.96. The number of carbonyl (C=O) groups excluding carboxylic acids is 2. The van der Waals surface area contributed by atoms with Crippen LogP contribution in [0.5, 0.6) is 11.5 Å². The molecule has 2 heterocycles. The van der Waals surface area contributed by atoms with E-state index >= 15 is 0 Å². The van der Waals surface area contributed by atoms with Gasteiger partial charge >= 0.3 is 12.0 Å². The van der Waals surface area contributed by atoms with Crippen LogP contribution in [0, 0.1) is 5.92 Å². The van der Waals surface area contributed by atoms with Crippen molar-refractivity contribution in [3.63, 3.8) is 0 Å². The molecule has 1 aromatic heterocycles. The van der Waals surface area contributed by atoms with E-state index in [0.717, 1.165) is 23.4 Å². The third-order valence-electron chi connectivity index (χ3n) is 5.82. The maximum absolute atomic E-state index is 13.4. The predicted octanol–water partition coefficient (Wildman–Crippen LogP) is 2.67. The molecule has 1 aliphatic heterocycles. The van der Waals surface area contributed by atoms with Crippen molar-refractivity contribution in [2.45, 2.75) is 38.8 Å². The second-order valence-electron chi connectivity index (χ2n) is 7.59. The van der Waals surface area contributed by atoms with Crippen molar-refractivity contribution in [1.29, 1.82) is 0 Å². The van der Waals surface area contributed by atoms with E-state index in [1.165, 1.54) is 7.11 Å². The third-order valence-corrected chi connectivity index (χ3v) is 5.82. The maximum atomic E-state index is 13.4. The number of benzene rings is 1. The lowest BCUT2D eigenvalue weighted by Gasteiger charge is -2.36. The largest absolute Gasteiger partial charge is 0.497 e. The second-order valence-corrected chi connectivity index (χ2v) is 7.59. The zero-order chi connectivity index (χ0) is 22.5. The van der Waals surface area contributed by atoms with Gasteiger partial charge in [0.2, 0.25) is 0 Å². The van der Waals surface area contributed by atoms with Gasteiger partial charge in [0, 0.05) is 24.7 Å². The number of fused-ring (bicyclic) bond motifs is 1. The molecule has 31 heavy (non-hydrogen) atoms. The van der Waals surface area contributed by atoms with Gasteiger partial charge in [0.1, 0.15) is 23.6 Å². The molecule has 0 fully saturated rings. The van der Waals surface area contributed by atoms with E-state index in [1.807, 2.05) is 26.0 Å². The van der Waals surface area contributed by atoms with Gasteiger partial charge in [-0.3, -0.25) is 0 Å². The van der Waals surface area contributed by atoms with Gasteiger partial charge in [0.15, 0.2) is 0 Å². The highest BCUT2D eigenvalue weighted by molar-refractivity contribution is 5.84. The van der Waals surface area contributed by atoms with Crippen LogP contribution in [0.15, 0.2) is 24.5 Å². The van der Waals surface area contributed by atoms with Crippen LogP contribution in [-0.4, -0.2) is 60.8 Å². The van der Waals surface area contributed by atoms with Gasteiger partial charge in [-0.1, -0.05) is 20.3 Å². The Morgan fingerprint density at radius 1 is 1.23 bits per heavy atom. The summed E-state index contributed by atoms with van der Waals surface area (Å²) in [5.74, 6) is 0.700. The number of imidazole rings is 1. The number of esters is 1. The van der Waals surface area contributed by atoms with Gasteiger partial charge in [-0.25, -0.2) is 14.6 Å². The molecular formula is C22H30N4O5. The minimum atomic E-state index is -0.733. The monoisotopic (exact) mass is 430 g/mol. The number of methoxy groups -OCH3 is 3. The summed E-state index contributed by atoms with van der Waals surface area (Å²) >= 11 is 0. The van der Waals surface area contributed by atoms with Crippen molar-refractivity contribution < 1.29 is 23.8 Å². The van der Waals surface area contributed by atoms with Gasteiger partial charge in [-0.05, 0) is 23.6 Å². The number of carbonyl (C=O) groups is 2. The van der Waals surface area contributed by atoms with Crippen LogP contribution in [0.4, 0.5) is 4.79 Å². The summed E-state index contributed by atoms with van der Waals surface area (Å²) in [6.45, 7) is 4.34. The molecule has 9 nitrogen and oxygen atoms in total. The number of nitrogens with one attached hydrogen (secondary N) is 2. The third kappa shape index (κ3) is 4.60. The molecule has 0 aliphatic carbocycles. The first-order chi connectivity index (χ1) is 14.9. The quantitative estimate of drug-likeness (QED) is 0.654. The van der Waals surface area contributed by atoms with Crippen LogP contribution in [0.1, 0.15) is 43.3 Å². The Bertz CT molecular complexity index is 906. The standard InChI is InChI=1S/C22H30N4O5/c1-6-13(2)18(21(27)31-5)25-22(28)26-8-7-17-19(24-12-23-17)20(26)14-9-15(29-3)11-16(10-14)30-4/h9-13,18,20H,6-8H2,1-5H3,(H,23,24)(H,25,28)/t13-,18-,20+/m1/s1. The van der Waals surface area contributed by atoms with Crippen molar-refractivity contribution in [1.82, 2.24) is 20.2 Å². The average Bonchev–Trinajstić information content (AvgIpc) is 3.29. The van der Waals surface area contributed by atoms with E-state index in [1.54, 1.807) is 31.5 Å². The van der Waals surface area contributed by atoms with E-state index in [4.69, 9.17) is 14.2 Å². The SMILES string of the molecule is CC[C@@H](C)[C@@H](NC(=O)N1CCc2[nH]cnc2[C@@H]1c1cc(OC)cc(OC)c1)C(=O)OC. The Hall–Kier alpha value is -3.23. The lowest BCUT2D eigenvalue weighted by Crippen LogP contribution is -2.53. The molecule has 9 heteroatoms. The summed E-state index contributed by atoms with van der Waals surface area (Å²) in [6.07, 6.45) is 2.99. The van der Waals surface area contributed by atoms with E-state index in [9.17, 15) is 9.59 Å². The first kappa shape index (κ1) is 22.5. The topological polar surface area (TPSA) is 106 Å². The predicted molar refractivity (Wildman–Crippen MR) is 114 cm³/mol. The first-order valence-corrected chi connectivity index (χ1v) is 10.3. The number of hydrogen-bond donors (Lipinski definition) is 2. The maximum Gasteiger partial charge on any atom is 0.328 e. The van der Waals surface area contributed by atoms with Gasteiger partial charge < -0.3 is 29.4 Å². The van der Waals surface area contributed by atoms with Crippen LogP contribution < -0.4 is 14.8 Å². The van der Waals surface area contributed by atoms with Gasteiger partial charge in [-0.2, -0.15) is 0 Å². The van der Waals surface area contributed by atoms with Crippen LogP contribution in [-0.2, 0) is 16.0 Å². The van der Waals surface area contributed by atoms with Gasteiger partial charge in [-0.15, -0.1) is 0 Å². The Morgan fingerprint density at radius 2 is 1.90 bits per heavy atom. The van der Waals surface area contributed by atoms with Crippen LogP contribution in [0.2, 0.25) is 0 Å². The number of aromatic nitrogens is 2. The number of amides is 2. The molecule has 3 rings (SSSR count). The Morgan fingerprint density at radius 3 is 2.48 bits per heavy atom.